The Labute approximate surface area is 133 Å². The molecule has 0 N–H and O–H groups in total. The molecule has 2 aliphatic rings. The fourth-order valence-electron chi connectivity index (χ4n) is 3.93. The smallest absolute Gasteiger partial charge is 0.222 e. The molecule has 2 atom stereocenters. The highest BCUT2D eigenvalue weighted by Gasteiger charge is 2.35. The van der Waals surface area contributed by atoms with Gasteiger partial charge in [0.05, 0.1) is 5.69 Å². The zero-order valence-electron chi connectivity index (χ0n) is 14.0. The van der Waals surface area contributed by atoms with Crippen molar-refractivity contribution in [3.63, 3.8) is 0 Å². The maximum atomic E-state index is 12.4. The first kappa shape index (κ1) is 15.3. The Balaban J connectivity index is 1.46. The van der Waals surface area contributed by atoms with E-state index in [1.807, 2.05) is 11.6 Å². The molecule has 120 valence electrons. The Morgan fingerprint density at radius 3 is 2.77 bits per heavy atom. The number of nitrogens with zero attached hydrogens (tertiary/aromatic N) is 3. The minimum Gasteiger partial charge on any atom is -0.342 e. The number of rotatable bonds is 4. The highest BCUT2D eigenvalue weighted by molar-refractivity contribution is 5.76. The topological polar surface area (TPSA) is 38.1 Å². The van der Waals surface area contributed by atoms with Gasteiger partial charge < -0.3 is 4.90 Å². The lowest BCUT2D eigenvalue weighted by atomic mass is 9.83. The van der Waals surface area contributed by atoms with Crippen molar-refractivity contribution in [1.29, 1.82) is 0 Å². The van der Waals surface area contributed by atoms with E-state index in [1.54, 1.807) is 0 Å². The van der Waals surface area contributed by atoms with E-state index in [1.165, 1.54) is 17.7 Å². The number of carbonyl (C=O) groups is 1. The number of aryl methyl sites for hydroxylation is 3. The standard InChI is InChI=1S/C18H27N3O/c1-13-6-7-16-11-20(12-17(16)9-13)18(22)5-4-8-21-15(3)10-14(2)19-21/h6,10,16-17H,4-5,7-9,11-12H2,1-3H3/t16-,17+/m0/s1. The van der Waals surface area contributed by atoms with Crippen LogP contribution in [0.4, 0.5) is 0 Å². The average molecular weight is 301 g/mol. The first-order valence-corrected chi connectivity index (χ1v) is 8.47. The van der Waals surface area contributed by atoms with Crippen molar-refractivity contribution in [3.8, 4) is 0 Å². The number of hydrogen-bond donors (Lipinski definition) is 0. The number of fused-ring (bicyclic) bond motifs is 1. The second kappa shape index (κ2) is 6.27. The summed E-state index contributed by atoms with van der Waals surface area (Å²) in [5, 5.41) is 4.46. The molecule has 1 aliphatic heterocycles. The molecule has 1 aromatic heterocycles. The SMILES string of the molecule is CC1=CC[C@H]2CN(C(=O)CCCn3nc(C)cc3C)C[C@H]2C1. The minimum absolute atomic E-state index is 0.327. The quantitative estimate of drug-likeness (QED) is 0.802. The van der Waals surface area contributed by atoms with Gasteiger partial charge in [-0.1, -0.05) is 11.6 Å². The van der Waals surface area contributed by atoms with E-state index < -0.39 is 0 Å². The molecule has 0 spiro atoms. The van der Waals surface area contributed by atoms with Crippen LogP contribution in [0.2, 0.25) is 0 Å². The monoisotopic (exact) mass is 301 g/mol. The van der Waals surface area contributed by atoms with Gasteiger partial charge in [-0.05, 0) is 57.9 Å². The van der Waals surface area contributed by atoms with Gasteiger partial charge in [-0.25, -0.2) is 0 Å². The van der Waals surface area contributed by atoms with Crippen LogP contribution >= 0.6 is 0 Å². The summed E-state index contributed by atoms with van der Waals surface area (Å²) in [5.41, 5.74) is 3.73. The Morgan fingerprint density at radius 1 is 1.27 bits per heavy atom. The van der Waals surface area contributed by atoms with E-state index >= 15 is 0 Å². The molecule has 0 bridgehead atoms. The van der Waals surface area contributed by atoms with Gasteiger partial charge in [0.15, 0.2) is 0 Å². The largest absolute Gasteiger partial charge is 0.342 e. The van der Waals surface area contributed by atoms with Crippen molar-refractivity contribution in [2.24, 2.45) is 11.8 Å². The number of hydrogen-bond acceptors (Lipinski definition) is 2. The van der Waals surface area contributed by atoms with E-state index in [0.29, 0.717) is 24.2 Å². The zero-order chi connectivity index (χ0) is 15.7. The number of aromatic nitrogens is 2. The average Bonchev–Trinajstić information content (AvgIpc) is 3.01. The van der Waals surface area contributed by atoms with Gasteiger partial charge in [-0.2, -0.15) is 5.10 Å². The van der Waals surface area contributed by atoms with Crippen molar-refractivity contribution in [1.82, 2.24) is 14.7 Å². The summed E-state index contributed by atoms with van der Waals surface area (Å²) in [4.78, 5) is 14.5. The summed E-state index contributed by atoms with van der Waals surface area (Å²) in [6, 6.07) is 2.09. The van der Waals surface area contributed by atoms with Crippen LogP contribution in [0.15, 0.2) is 17.7 Å². The molecule has 2 heterocycles. The van der Waals surface area contributed by atoms with Gasteiger partial charge in [0.1, 0.15) is 0 Å². The molecular formula is C18H27N3O. The fourth-order valence-corrected chi connectivity index (χ4v) is 3.93. The molecule has 22 heavy (non-hydrogen) atoms. The highest BCUT2D eigenvalue weighted by Crippen LogP contribution is 2.35. The Hall–Kier alpha value is -1.58. The summed E-state index contributed by atoms with van der Waals surface area (Å²) in [6.07, 6.45) is 6.22. The van der Waals surface area contributed by atoms with Crippen LogP contribution in [-0.2, 0) is 11.3 Å². The summed E-state index contributed by atoms with van der Waals surface area (Å²) in [7, 11) is 0. The van der Waals surface area contributed by atoms with Crippen LogP contribution in [0, 0.1) is 25.7 Å². The van der Waals surface area contributed by atoms with Crippen LogP contribution in [0.25, 0.3) is 0 Å². The summed E-state index contributed by atoms with van der Waals surface area (Å²) < 4.78 is 2.01. The van der Waals surface area contributed by atoms with Crippen LogP contribution in [-0.4, -0.2) is 33.7 Å². The van der Waals surface area contributed by atoms with Crippen LogP contribution in [0.1, 0.15) is 44.0 Å². The molecule has 0 aromatic carbocycles. The third kappa shape index (κ3) is 3.26. The summed E-state index contributed by atoms with van der Waals surface area (Å²) >= 11 is 0. The lowest BCUT2D eigenvalue weighted by Crippen LogP contribution is -2.29. The molecule has 4 heteroatoms. The number of carbonyl (C=O) groups excluding carboxylic acids is 1. The van der Waals surface area contributed by atoms with Crippen LogP contribution in [0.5, 0.6) is 0 Å². The zero-order valence-corrected chi connectivity index (χ0v) is 14.0. The Morgan fingerprint density at radius 2 is 2.05 bits per heavy atom. The second-order valence-corrected chi connectivity index (χ2v) is 7.06. The minimum atomic E-state index is 0.327. The van der Waals surface area contributed by atoms with E-state index in [9.17, 15) is 4.79 Å². The molecule has 4 nitrogen and oxygen atoms in total. The Kier molecular flexibility index (Phi) is 4.37. The Bertz CT molecular complexity index is 587. The van der Waals surface area contributed by atoms with E-state index in [4.69, 9.17) is 0 Å². The highest BCUT2D eigenvalue weighted by atomic mass is 16.2. The van der Waals surface area contributed by atoms with Crippen molar-refractivity contribution in [3.05, 3.63) is 29.1 Å². The predicted octanol–water partition coefficient (Wildman–Crippen LogP) is 3.09. The second-order valence-electron chi connectivity index (χ2n) is 7.06. The fraction of sp³-hybridized carbons (Fsp3) is 0.667. The van der Waals surface area contributed by atoms with Crippen molar-refractivity contribution >= 4 is 5.91 Å². The van der Waals surface area contributed by atoms with Gasteiger partial charge in [-0.15, -0.1) is 0 Å². The van der Waals surface area contributed by atoms with Crippen molar-refractivity contribution in [2.75, 3.05) is 13.1 Å². The summed E-state index contributed by atoms with van der Waals surface area (Å²) in [6.45, 7) is 9.07. The van der Waals surface area contributed by atoms with E-state index in [-0.39, 0.29) is 0 Å². The number of allylic oxidation sites excluding steroid dienone is 2. The van der Waals surface area contributed by atoms with E-state index in [0.717, 1.165) is 38.2 Å². The van der Waals surface area contributed by atoms with Gasteiger partial charge >= 0.3 is 0 Å². The lowest BCUT2D eigenvalue weighted by Gasteiger charge is -2.21. The molecule has 1 amide bonds. The lowest BCUT2D eigenvalue weighted by molar-refractivity contribution is -0.130. The number of amides is 1. The van der Waals surface area contributed by atoms with Crippen molar-refractivity contribution in [2.45, 2.75) is 53.0 Å². The molecule has 3 rings (SSSR count). The molecule has 0 saturated carbocycles. The van der Waals surface area contributed by atoms with Gasteiger partial charge in [0.25, 0.3) is 0 Å². The van der Waals surface area contributed by atoms with Crippen LogP contribution < -0.4 is 0 Å². The third-order valence-corrected chi connectivity index (χ3v) is 5.15. The molecule has 1 aliphatic carbocycles. The molecule has 0 radical (unpaired) electrons. The summed E-state index contributed by atoms with van der Waals surface area (Å²) in [5.74, 6) is 1.72. The molecule has 1 aromatic rings. The van der Waals surface area contributed by atoms with Gasteiger partial charge in [-0.3, -0.25) is 9.48 Å². The molecule has 0 unspecified atom stereocenters. The van der Waals surface area contributed by atoms with Gasteiger partial charge in [0.2, 0.25) is 5.91 Å². The molecule has 1 fully saturated rings. The maximum absolute atomic E-state index is 12.4. The number of likely N-dealkylation sites (tertiary alicyclic amines) is 1. The first-order valence-electron chi connectivity index (χ1n) is 8.47. The van der Waals surface area contributed by atoms with E-state index in [2.05, 4.69) is 36.0 Å². The van der Waals surface area contributed by atoms with Crippen molar-refractivity contribution < 1.29 is 4.79 Å². The first-order chi connectivity index (χ1) is 10.5. The van der Waals surface area contributed by atoms with Gasteiger partial charge in [0, 0.05) is 31.7 Å². The molecule has 1 saturated heterocycles. The van der Waals surface area contributed by atoms with Crippen LogP contribution in [0.3, 0.4) is 0 Å². The third-order valence-electron chi connectivity index (χ3n) is 5.15. The maximum Gasteiger partial charge on any atom is 0.222 e. The molecular weight excluding hydrogens is 274 g/mol. The predicted molar refractivity (Wildman–Crippen MR) is 87.5 cm³/mol. The normalized spacial score (nSPS) is 24.3.